The first-order valence-electron chi connectivity index (χ1n) is 6.15. The molecule has 1 heterocycles. The normalized spacial score (nSPS) is 22.8. The number of hydrogen-bond acceptors (Lipinski definition) is 3. The number of carbonyl (C=O) groups excluding carboxylic acids is 2. The van der Waals surface area contributed by atoms with Gasteiger partial charge in [0.15, 0.2) is 0 Å². The molecule has 0 bridgehead atoms. The minimum atomic E-state index is -0.874. The van der Waals surface area contributed by atoms with Crippen LogP contribution in [0.5, 0.6) is 0 Å². The third kappa shape index (κ3) is 2.50. The molecule has 0 saturated carbocycles. The van der Waals surface area contributed by atoms with E-state index in [2.05, 4.69) is 21.2 Å². The molecule has 102 valence electrons. The molecule has 19 heavy (non-hydrogen) atoms. The number of nitrogens with two attached hydrogens (primary N) is 1. The van der Waals surface area contributed by atoms with Crippen LogP contribution < -0.4 is 11.2 Å². The van der Waals surface area contributed by atoms with Gasteiger partial charge in [0.1, 0.15) is 5.54 Å². The second kappa shape index (κ2) is 5.30. The number of aryl methyl sites for hydroxylation is 1. The quantitative estimate of drug-likeness (QED) is 0.504. The van der Waals surface area contributed by atoms with Crippen molar-refractivity contribution < 1.29 is 9.59 Å². The zero-order valence-corrected chi connectivity index (χ0v) is 12.2. The highest BCUT2D eigenvalue weighted by Gasteiger charge is 2.48. The lowest BCUT2D eigenvalue weighted by atomic mass is 9.89. The van der Waals surface area contributed by atoms with Gasteiger partial charge in [0.05, 0.1) is 0 Å². The summed E-state index contributed by atoms with van der Waals surface area (Å²) in [5, 5.41) is 3.37. The maximum absolute atomic E-state index is 12.1. The van der Waals surface area contributed by atoms with E-state index in [9.17, 15) is 9.59 Å². The van der Waals surface area contributed by atoms with Crippen molar-refractivity contribution in [2.75, 3.05) is 0 Å². The summed E-state index contributed by atoms with van der Waals surface area (Å²) in [6, 6.07) is 7.31. The summed E-state index contributed by atoms with van der Waals surface area (Å²) >= 11 is 3.48. The molecular weight excluding hydrogens is 310 g/mol. The maximum atomic E-state index is 12.1. The second-order valence-electron chi connectivity index (χ2n) is 4.63. The highest BCUT2D eigenvalue weighted by molar-refractivity contribution is 9.10. The van der Waals surface area contributed by atoms with Crippen molar-refractivity contribution >= 4 is 27.9 Å². The second-order valence-corrected chi connectivity index (χ2v) is 5.49. The molecule has 1 aromatic rings. The Morgan fingerprint density at radius 1 is 1.37 bits per heavy atom. The van der Waals surface area contributed by atoms with Crippen LogP contribution in [0.15, 0.2) is 28.7 Å². The average molecular weight is 326 g/mol. The minimum Gasteiger partial charge on any atom is -0.322 e. The number of imide groups is 1. The van der Waals surface area contributed by atoms with Gasteiger partial charge in [0.2, 0.25) is 0 Å². The van der Waals surface area contributed by atoms with E-state index in [0.29, 0.717) is 24.3 Å². The van der Waals surface area contributed by atoms with Gasteiger partial charge in [-0.3, -0.25) is 4.79 Å². The lowest BCUT2D eigenvalue weighted by Gasteiger charge is -2.24. The Kier molecular flexibility index (Phi) is 3.91. The fourth-order valence-electron chi connectivity index (χ4n) is 2.28. The van der Waals surface area contributed by atoms with Crippen molar-refractivity contribution in [3.63, 3.8) is 0 Å². The summed E-state index contributed by atoms with van der Waals surface area (Å²) in [5.41, 5.74) is 0.231. The van der Waals surface area contributed by atoms with E-state index in [1.165, 1.54) is 0 Å². The number of carbonyl (C=O) groups is 2. The van der Waals surface area contributed by atoms with Crippen molar-refractivity contribution in [2.24, 2.45) is 5.84 Å². The molecule has 1 fully saturated rings. The van der Waals surface area contributed by atoms with Crippen LogP contribution >= 0.6 is 15.9 Å². The average Bonchev–Trinajstić information content (AvgIpc) is 2.63. The van der Waals surface area contributed by atoms with Crippen LogP contribution in [0.1, 0.15) is 25.3 Å². The first-order chi connectivity index (χ1) is 9.00. The van der Waals surface area contributed by atoms with Gasteiger partial charge in [0.25, 0.3) is 5.91 Å². The molecule has 1 aliphatic rings. The molecule has 1 aromatic carbocycles. The fourth-order valence-corrected chi connectivity index (χ4v) is 2.76. The summed E-state index contributed by atoms with van der Waals surface area (Å²) in [7, 11) is 0. The molecule has 0 aliphatic carbocycles. The van der Waals surface area contributed by atoms with Crippen LogP contribution in [0.3, 0.4) is 0 Å². The predicted octanol–water partition coefficient (Wildman–Crippen LogP) is 1.96. The number of nitrogens with zero attached hydrogens (tertiary/aromatic N) is 1. The number of amides is 3. The van der Waals surface area contributed by atoms with Gasteiger partial charge in [-0.1, -0.05) is 41.1 Å². The Bertz CT molecular complexity index is 520. The zero-order valence-electron chi connectivity index (χ0n) is 10.6. The summed E-state index contributed by atoms with van der Waals surface area (Å²) < 4.78 is 1.00. The molecule has 1 atom stereocenters. The van der Waals surface area contributed by atoms with E-state index in [1.807, 2.05) is 31.2 Å². The zero-order chi connectivity index (χ0) is 14.0. The number of halogens is 1. The predicted molar refractivity (Wildman–Crippen MR) is 75.1 cm³/mol. The van der Waals surface area contributed by atoms with Crippen LogP contribution in [-0.4, -0.2) is 22.5 Å². The molecule has 3 amide bonds. The van der Waals surface area contributed by atoms with Crippen molar-refractivity contribution in [3.8, 4) is 0 Å². The monoisotopic (exact) mass is 325 g/mol. The number of hydrogen-bond donors (Lipinski definition) is 2. The molecule has 1 aliphatic heterocycles. The molecule has 3 N–H and O–H groups in total. The first-order valence-corrected chi connectivity index (χ1v) is 6.94. The number of urea groups is 1. The lowest BCUT2D eigenvalue weighted by molar-refractivity contribution is -0.131. The molecule has 0 spiro atoms. The van der Waals surface area contributed by atoms with Crippen molar-refractivity contribution in [2.45, 2.75) is 31.7 Å². The van der Waals surface area contributed by atoms with E-state index >= 15 is 0 Å². The third-order valence-electron chi connectivity index (χ3n) is 3.58. The van der Waals surface area contributed by atoms with Crippen LogP contribution in [0, 0.1) is 0 Å². The Labute approximate surface area is 120 Å². The van der Waals surface area contributed by atoms with Gasteiger partial charge < -0.3 is 5.32 Å². The largest absolute Gasteiger partial charge is 0.339 e. The van der Waals surface area contributed by atoms with Crippen LogP contribution in [0.4, 0.5) is 4.79 Å². The number of rotatable bonds is 4. The first kappa shape index (κ1) is 14.0. The summed E-state index contributed by atoms with van der Waals surface area (Å²) in [6.45, 7) is 1.87. The number of hydrazine groups is 1. The highest BCUT2D eigenvalue weighted by Crippen LogP contribution is 2.27. The molecule has 0 aromatic heterocycles. The van der Waals surface area contributed by atoms with Crippen molar-refractivity contribution in [1.82, 2.24) is 10.3 Å². The van der Waals surface area contributed by atoms with Crippen LogP contribution in [0.2, 0.25) is 0 Å². The Morgan fingerprint density at radius 2 is 2.05 bits per heavy atom. The molecule has 0 radical (unpaired) electrons. The van der Waals surface area contributed by atoms with Gasteiger partial charge in [0, 0.05) is 4.47 Å². The SMILES string of the molecule is CCC1(CCc2ccccc2Br)NC(=O)N(N)C1=O. The lowest BCUT2D eigenvalue weighted by Crippen LogP contribution is -2.47. The molecule has 6 heteroatoms. The molecule has 1 unspecified atom stereocenters. The van der Waals surface area contributed by atoms with E-state index in [4.69, 9.17) is 5.84 Å². The molecular formula is C13H16BrN3O2. The Hall–Kier alpha value is -1.40. The van der Waals surface area contributed by atoms with E-state index in [0.717, 1.165) is 10.0 Å². The van der Waals surface area contributed by atoms with Crippen molar-refractivity contribution in [3.05, 3.63) is 34.3 Å². The Morgan fingerprint density at radius 3 is 2.58 bits per heavy atom. The van der Waals surface area contributed by atoms with Gasteiger partial charge >= 0.3 is 6.03 Å². The Balaban J connectivity index is 2.15. The fraction of sp³-hybridized carbons (Fsp3) is 0.385. The van der Waals surface area contributed by atoms with Gasteiger partial charge in [-0.15, -0.1) is 0 Å². The maximum Gasteiger partial charge on any atom is 0.339 e. The van der Waals surface area contributed by atoms with Gasteiger partial charge in [-0.2, -0.15) is 5.01 Å². The topological polar surface area (TPSA) is 75.4 Å². The van der Waals surface area contributed by atoms with E-state index in [-0.39, 0.29) is 5.91 Å². The molecule has 2 rings (SSSR count). The van der Waals surface area contributed by atoms with Crippen molar-refractivity contribution in [1.29, 1.82) is 0 Å². The van der Waals surface area contributed by atoms with Crippen LogP contribution in [0.25, 0.3) is 0 Å². The molecule has 1 saturated heterocycles. The standard InChI is InChI=1S/C13H16BrN3O2/c1-2-13(11(18)17(15)12(19)16-13)8-7-9-5-3-4-6-10(9)14/h3-6H,2,7-8,15H2,1H3,(H,16,19). The van der Waals surface area contributed by atoms with Gasteiger partial charge in [-0.05, 0) is 30.9 Å². The number of nitrogens with one attached hydrogen (secondary N) is 1. The summed E-state index contributed by atoms with van der Waals surface area (Å²) in [6.07, 6.45) is 1.75. The van der Waals surface area contributed by atoms with Gasteiger partial charge in [-0.25, -0.2) is 10.6 Å². The van der Waals surface area contributed by atoms with E-state index in [1.54, 1.807) is 0 Å². The smallest absolute Gasteiger partial charge is 0.322 e. The molecule has 5 nitrogen and oxygen atoms in total. The summed E-state index contributed by atoms with van der Waals surface area (Å²) in [4.78, 5) is 23.6. The summed E-state index contributed by atoms with van der Waals surface area (Å²) in [5.74, 6) is 5.08. The highest BCUT2D eigenvalue weighted by atomic mass is 79.9. The third-order valence-corrected chi connectivity index (χ3v) is 4.35. The number of benzene rings is 1. The van der Waals surface area contributed by atoms with Crippen LogP contribution in [-0.2, 0) is 11.2 Å². The van der Waals surface area contributed by atoms with E-state index < -0.39 is 11.6 Å². The minimum absolute atomic E-state index is 0.355.